The lowest BCUT2D eigenvalue weighted by Crippen LogP contribution is -2.47. The highest BCUT2D eigenvalue weighted by Crippen LogP contribution is 2.20. The molecule has 28 heavy (non-hydrogen) atoms. The molecule has 0 aliphatic carbocycles. The van der Waals surface area contributed by atoms with Crippen LogP contribution in [0.1, 0.15) is 11.1 Å². The van der Waals surface area contributed by atoms with Gasteiger partial charge in [0.25, 0.3) is 0 Å². The predicted octanol–water partition coefficient (Wildman–Crippen LogP) is 2.79. The summed E-state index contributed by atoms with van der Waals surface area (Å²) >= 11 is 12.1. The Bertz CT molecular complexity index is 854. The van der Waals surface area contributed by atoms with Gasteiger partial charge in [-0.1, -0.05) is 41.4 Å². The molecule has 3 rings (SSSR count). The molecule has 3 N–H and O–H groups in total. The number of nitrogens with zero attached hydrogens (tertiary/aromatic N) is 2. The van der Waals surface area contributed by atoms with Crippen molar-refractivity contribution in [1.29, 1.82) is 0 Å². The number of piperazine rings is 1. The molecule has 1 aliphatic rings. The Morgan fingerprint density at radius 1 is 1.14 bits per heavy atom. The Labute approximate surface area is 174 Å². The molecule has 148 valence electrons. The van der Waals surface area contributed by atoms with Crippen LogP contribution >= 0.6 is 23.2 Å². The molecule has 0 bridgehead atoms. The lowest BCUT2D eigenvalue weighted by Gasteiger charge is -2.28. The van der Waals surface area contributed by atoms with Gasteiger partial charge in [0, 0.05) is 49.0 Å². The molecule has 1 amide bonds. The molecule has 1 heterocycles. The van der Waals surface area contributed by atoms with Gasteiger partial charge in [-0.3, -0.25) is 9.79 Å². The smallest absolute Gasteiger partial charge is 0.239 e. The maximum atomic E-state index is 11.5. The second-order valence-corrected chi connectivity index (χ2v) is 7.30. The van der Waals surface area contributed by atoms with Crippen LogP contribution in [0.2, 0.25) is 10.0 Å². The Morgan fingerprint density at radius 3 is 2.57 bits per heavy atom. The molecule has 0 aromatic heterocycles. The number of amides is 1. The van der Waals surface area contributed by atoms with Crippen molar-refractivity contribution in [2.24, 2.45) is 4.99 Å². The summed E-state index contributed by atoms with van der Waals surface area (Å²) in [5, 5.41) is 10.6. The third-order valence-corrected chi connectivity index (χ3v) is 5.07. The van der Waals surface area contributed by atoms with Crippen LogP contribution < -0.4 is 20.9 Å². The lowest BCUT2D eigenvalue weighted by atomic mass is 10.2. The van der Waals surface area contributed by atoms with E-state index in [9.17, 15) is 4.79 Å². The summed E-state index contributed by atoms with van der Waals surface area (Å²) in [5.74, 6) is 0.746. The molecule has 2 aromatic carbocycles. The first-order chi connectivity index (χ1) is 13.5. The third-order valence-electron chi connectivity index (χ3n) is 4.48. The summed E-state index contributed by atoms with van der Waals surface area (Å²) in [5.41, 5.74) is 3.13. The van der Waals surface area contributed by atoms with E-state index in [1.165, 1.54) is 0 Å². The van der Waals surface area contributed by atoms with Crippen LogP contribution in [0.25, 0.3) is 0 Å². The number of carbonyl (C=O) groups excluding carboxylic acids is 1. The van der Waals surface area contributed by atoms with Gasteiger partial charge in [0.15, 0.2) is 5.96 Å². The first-order valence-electron chi connectivity index (χ1n) is 9.04. The van der Waals surface area contributed by atoms with E-state index < -0.39 is 0 Å². The molecule has 2 aromatic rings. The second kappa shape index (κ2) is 9.66. The fraction of sp³-hybridized carbons (Fsp3) is 0.300. The van der Waals surface area contributed by atoms with E-state index in [0.29, 0.717) is 42.2 Å². The molecule has 1 aliphatic heterocycles. The zero-order valence-corrected chi connectivity index (χ0v) is 17.1. The normalized spacial score (nSPS) is 14.6. The van der Waals surface area contributed by atoms with Gasteiger partial charge in [0.05, 0.1) is 6.54 Å². The molecular formula is C20H23Cl2N5O. The van der Waals surface area contributed by atoms with Crippen LogP contribution in [0.15, 0.2) is 47.5 Å². The van der Waals surface area contributed by atoms with Gasteiger partial charge in [-0.25, -0.2) is 0 Å². The zero-order chi connectivity index (χ0) is 19.9. The zero-order valence-electron chi connectivity index (χ0n) is 15.6. The minimum absolute atomic E-state index is 0.0626. The Kier molecular flexibility index (Phi) is 7.01. The third kappa shape index (κ3) is 5.53. The van der Waals surface area contributed by atoms with E-state index in [2.05, 4.69) is 38.0 Å². The minimum atomic E-state index is 0.0626. The standard InChI is InChI=1S/C20H23Cl2N5O/c1-23-20(26-12-15-4-5-16(21)10-18(15)22)25-11-14-2-6-17(7-3-14)27-9-8-24-19(28)13-27/h2-7,10H,8-9,11-13H2,1H3,(H,24,28)(H2,23,25,26). The van der Waals surface area contributed by atoms with Gasteiger partial charge < -0.3 is 20.9 Å². The van der Waals surface area contributed by atoms with Crippen LogP contribution in [0.4, 0.5) is 5.69 Å². The van der Waals surface area contributed by atoms with Crippen LogP contribution in [0.5, 0.6) is 0 Å². The van der Waals surface area contributed by atoms with E-state index in [1.807, 2.05) is 24.3 Å². The van der Waals surface area contributed by atoms with E-state index in [1.54, 1.807) is 13.1 Å². The molecule has 1 saturated heterocycles. The van der Waals surface area contributed by atoms with Gasteiger partial charge in [-0.2, -0.15) is 0 Å². The monoisotopic (exact) mass is 419 g/mol. The summed E-state index contributed by atoms with van der Waals surface area (Å²) in [7, 11) is 1.73. The predicted molar refractivity (Wildman–Crippen MR) is 115 cm³/mol. The van der Waals surface area contributed by atoms with Crippen LogP contribution in [-0.4, -0.2) is 38.5 Å². The van der Waals surface area contributed by atoms with E-state index in [0.717, 1.165) is 23.4 Å². The Balaban J connectivity index is 1.51. The van der Waals surface area contributed by atoms with Crippen molar-refractivity contribution < 1.29 is 4.79 Å². The highest BCUT2D eigenvalue weighted by Gasteiger charge is 2.16. The van der Waals surface area contributed by atoms with Gasteiger partial charge in [-0.05, 0) is 35.4 Å². The second-order valence-electron chi connectivity index (χ2n) is 6.45. The van der Waals surface area contributed by atoms with Crippen molar-refractivity contribution in [2.75, 3.05) is 31.6 Å². The average molecular weight is 420 g/mol. The number of nitrogens with one attached hydrogen (secondary N) is 3. The van der Waals surface area contributed by atoms with Gasteiger partial charge in [-0.15, -0.1) is 0 Å². The fourth-order valence-corrected chi connectivity index (χ4v) is 3.41. The summed E-state index contributed by atoms with van der Waals surface area (Å²) < 4.78 is 0. The average Bonchev–Trinajstić information content (AvgIpc) is 2.70. The van der Waals surface area contributed by atoms with Crippen molar-refractivity contribution in [2.45, 2.75) is 13.1 Å². The molecule has 1 fully saturated rings. The molecule has 0 spiro atoms. The van der Waals surface area contributed by atoms with Crippen LogP contribution in [0.3, 0.4) is 0 Å². The van der Waals surface area contributed by atoms with E-state index >= 15 is 0 Å². The number of carbonyl (C=O) groups is 1. The molecule has 0 unspecified atom stereocenters. The van der Waals surface area contributed by atoms with Crippen molar-refractivity contribution in [3.05, 3.63) is 63.6 Å². The topological polar surface area (TPSA) is 68.8 Å². The first-order valence-corrected chi connectivity index (χ1v) is 9.80. The maximum absolute atomic E-state index is 11.5. The highest BCUT2D eigenvalue weighted by molar-refractivity contribution is 6.35. The first kappa shape index (κ1) is 20.3. The van der Waals surface area contributed by atoms with Gasteiger partial charge in [0.2, 0.25) is 5.91 Å². The minimum Gasteiger partial charge on any atom is -0.360 e. The molecule has 8 heteroatoms. The number of benzene rings is 2. The van der Waals surface area contributed by atoms with E-state index in [4.69, 9.17) is 23.2 Å². The number of rotatable bonds is 5. The summed E-state index contributed by atoms with van der Waals surface area (Å²) in [6, 6.07) is 13.6. The van der Waals surface area contributed by atoms with Crippen LogP contribution in [-0.2, 0) is 17.9 Å². The Hall–Kier alpha value is -2.44. The summed E-state index contributed by atoms with van der Waals surface area (Å²) in [6.07, 6.45) is 0. The molecular weight excluding hydrogens is 397 g/mol. The Morgan fingerprint density at radius 2 is 1.89 bits per heavy atom. The molecule has 0 atom stereocenters. The number of guanidine groups is 1. The largest absolute Gasteiger partial charge is 0.360 e. The maximum Gasteiger partial charge on any atom is 0.239 e. The SMILES string of the molecule is CN=C(NCc1ccc(N2CCNC(=O)C2)cc1)NCc1ccc(Cl)cc1Cl. The van der Waals surface area contributed by atoms with Gasteiger partial charge in [0.1, 0.15) is 0 Å². The number of halogens is 2. The quantitative estimate of drug-likeness (QED) is 0.514. The number of anilines is 1. The number of hydrogen-bond acceptors (Lipinski definition) is 3. The molecule has 0 radical (unpaired) electrons. The summed E-state index contributed by atoms with van der Waals surface area (Å²) in [6.45, 7) is 3.09. The van der Waals surface area contributed by atoms with Crippen molar-refractivity contribution in [3.8, 4) is 0 Å². The fourth-order valence-electron chi connectivity index (χ4n) is 2.93. The number of hydrogen-bond donors (Lipinski definition) is 3. The lowest BCUT2D eigenvalue weighted by molar-refractivity contribution is -0.120. The van der Waals surface area contributed by atoms with Crippen molar-refractivity contribution in [1.82, 2.24) is 16.0 Å². The summed E-state index contributed by atoms with van der Waals surface area (Å²) in [4.78, 5) is 17.8. The van der Waals surface area contributed by atoms with Crippen molar-refractivity contribution in [3.63, 3.8) is 0 Å². The van der Waals surface area contributed by atoms with Crippen LogP contribution in [0, 0.1) is 0 Å². The molecule has 0 saturated carbocycles. The number of aliphatic imine (C=N–C) groups is 1. The van der Waals surface area contributed by atoms with Crippen molar-refractivity contribution >= 4 is 40.8 Å². The van der Waals surface area contributed by atoms with E-state index in [-0.39, 0.29) is 5.91 Å². The molecule has 6 nitrogen and oxygen atoms in total. The van der Waals surface area contributed by atoms with Gasteiger partial charge >= 0.3 is 0 Å². The highest BCUT2D eigenvalue weighted by atomic mass is 35.5.